The Kier molecular flexibility index (Phi) is 6.23. The van der Waals surface area contributed by atoms with E-state index >= 15 is 0 Å². The van der Waals surface area contributed by atoms with Gasteiger partial charge >= 0.3 is 18.4 Å². The highest BCUT2D eigenvalue weighted by atomic mass is 19.4. The number of carbonyl (C=O) groups is 2. The number of piperidine rings is 1. The molecule has 2 aliphatic rings. The SMILES string of the molecule is C[C@H]1CN(C(=O)OC(C)(C)C)CC[C@H]1n1nc(-c2ccnc3c2[C@H](C(F)(F)F)OC(=O)N3)c2ccccc21. The van der Waals surface area contributed by atoms with E-state index in [9.17, 15) is 22.8 Å². The van der Waals surface area contributed by atoms with Crippen LogP contribution in [0.1, 0.15) is 51.8 Å². The lowest BCUT2D eigenvalue weighted by Gasteiger charge is -2.37. The van der Waals surface area contributed by atoms with Gasteiger partial charge in [0.05, 0.1) is 17.1 Å². The van der Waals surface area contributed by atoms with E-state index in [-0.39, 0.29) is 35.0 Å². The van der Waals surface area contributed by atoms with Gasteiger partial charge in [-0.05, 0) is 45.2 Å². The molecule has 2 amide bonds. The van der Waals surface area contributed by atoms with Crippen molar-refractivity contribution < 1.29 is 32.2 Å². The summed E-state index contributed by atoms with van der Waals surface area (Å²) in [5.74, 6) is -0.219. The average molecular weight is 532 g/mol. The van der Waals surface area contributed by atoms with E-state index in [1.54, 1.807) is 17.0 Å². The first kappa shape index (κ1) is 25.8. The van der Waals surface area contributed by atoms with E-state index in [0.717, 1.165) is 5.52 Å². The van der Waals surface area contributed by atoms with Crippen LogP contribution >= 0.6 is 0 Å². The number of pyridine rings is 1. The number of para-hydroxylation sites is 1. The molecule has 0 bridgehead atoms. The van der Waals surface area contributed by atoms with Crippen molar-refractivity contribution in [3.63, 3.8) is 0 Å². The number of amides is 2. The van der Waals surface area contributed by atoms with Crippen LogP contribution in [-0.4, -0.2) is 56.7 Å². The first-order valence-electron chi connectivity index (χ1n) is 12.3. The monoisotopic (exact) mass is 531 g/mol. The molecule has 12 heteroatoms. The van der Waals surface area contributed by atoms with Crippen LogP contribution < -0.4 is 5.32 Å². The zero-order valence-electron chi connectivity index (χ0n) is 21.4. The fraction of sp³-hybridized carbons (Fsp3) is 0.462. The number of ether oxygens (including phenoxy) is 2. The van der Waals surface area contributed by atoms with Crippen LogP contribution in [0.3, 0.4) is 0 Å². The van der Waals surface area contributed by atoms with Crippen LogP contribution in [0.2, 0.25) is 0 Å². The van der Waals surface area contributed by atoms with Gasteiger partial charge in [-0.1, -0.05) is 25.1 Å². The number of alkyl halides is 3. The molecule has 0 radical (unpaired) electrons. The minimum atomic E-state index is -4.84. The van der Waals surface area contributed by atoms with Crippen molar-refractivity contribution in [2.24, 2.45) is 5.92 Å². The van der Waals surface area contributed by atoms with Crippen LogP contribution in [0.25, 0.3) is 22.2 Å². The van der Waals surface area contributed by atoms with E-state index in [1.807, 2.05) is 44.5 Å². The molecule has 1 saturated heterocycles. The number of nitrogens with zero attached hydrogens (tertiary/aromatic N) is 4. The maximum absolute atomic E-state index is 14.0. The normalized spacial score (nSPS) is 22.0. The number of fused-ring (bicyclic) bond motifs is 2. The molecule has 0 aliphatic carbocycles. The summed E-state index contributed by atoms with van der Waals surface area (Å²) in [6.07, 6.45) is -6.99. The predicted molar refractivity (Wildman–Crippen MR) is 132 cm³/mol. The van der Waals surface area contributed by atoms with Crippen LogP contribution in [0.5, 0.6) is 0 Å². The van der Waals surface area contributed by atoms with Crippen molar-refractivity contribution in [1.82, 2.24) is 19.7 Å². The fourth-order valence-corrected chi connectivity index (χ4v) is 5.10. The maximum Gasteiger partial charge on any atom is 0.430 e. The Balaban J connectivity index is 1.55. The van der Waals surface area contributed by atoms with Crippen molar-refractivity contribution in [2.45, 2.75) is 58.0 Å². The second kappa shape index (κ2) is 9.17. The molecular formula is C26H28F3N5O4. The van der Waals surface area contributed by atoms with Crippen molar-refractivity contribution in [1.29, 1.82) is 0 Å². The molecule has 2 aromatic heterocycles. The lowest BCUT2D eigenvalue weighted by Crippen LogP contribution is -2.45. The molecule has 1 fully saturated rings. The third-order valence-electron chi connectivity index (χ3n) is 6.69. The summed E-state index contributed by atoms with van der Waals surface area (Å²) in [4.78, 5) is 30.1. The highest BCUT2D eigenvalue weighted by Crippen LogP contribution is 2.46. The molecule has 202 valence electrons. The molecule has 3 atom stereocenters. The quantitative estimate of drug-likeness (QED) is 0.430. The molecule has 1 aromatic carbocycles. The van der Waals surface area contributed by atoms with Gasteiger partial charge in [-0.3, -0.25) is 10.00 Å². The predicted octanol–water partition coefficient (Wildman–Crippen LogP) is 6.08. The maximum atomic E-state index is 14.0. The Hall–Kier alpha value is -3.83. The molecular weight excluding hydrogens is 503 g/mol. The van der Waals surface area contributed by atoms with Gasteiger partial charge in [-0.25, -0.2) is 14.6 Å². The summed E-state index contributed by atoms with van der Waals surface area (Å²) in [6, 6.07) is 8.64. The smallest absolute Gasteiger partial charge is 0.430 e. The van der Waals surface area contributed by atoms with E-state index in [0.29, 0.717) is 30.6 Å². The lowest BCUT2D eigenvalue weighted by molar-refractivity contribution is -0.206. The summed E-state index contributed by atoms with van der Waals surface area (Å²) in [6.45, 7) is 8.36. The van der Waals surface area contributed by atoms with E-state index in [1.165, 1.54) is 12.3 Å². The Morgan fingerprint density at radius 2 is 1.92 bits per heavy atom. The van der Waals surface area contributed by atoms with E-state index in [4.69, 9.17) is 9.84 Å². The van der Waals surface area contributed by atoms with Crippen LogP contribution in [0.15, 0.2) is 36.5 Å². The van der Waals surface area contributed by atoms with Crippen LogP contribution in [-0.2, 0) is 9.47 Å². The number of cyclic esters (lactones) is 1. The highest BCUT2D eigenvalue weighted by molar-refractivity contribution is 5.97. The number of carbonyl (C=O) groups excluding carboxylic acids is 2. The number of aromatic nitrogens is 3. The number of hydrogen-bond acceptors (Lipinski definition) is 6. The van der Waals surface area contributed by atoms with Crippen LogP contribution in [0.4, 0.5) is 28.6 Å². The molecule has 0 unspecified atom stereocenters. The number of halogens is 3. The minimum absolute atomic E-state index is 0.00988. The van der Waals surface area contributed by atoms with Gasteiger partial charge in [-0.15, -0.1) is 0 Å². The second-order valence-corrected chi connectivity index (χ2v) is 10.6. The molecule has 2 aliphatic heterocycles. The number of hydrogen-bond donors (Lipinski definition) is 1. The molecule has 3 aromatic rings. The molecule has 0 saturated carbocycles. The zero-order chi connectivity index (χ0) is 27.4. The first-order chi connectivity index (χ1) is 17.8. The number of benzene rings is 1. The molecule has 1 N–H and O–H groups in total. The molecule has 9 nitrogen and oxygen atoms in total. The van der Waals surface area contributed by atoms with Gasteiger partial charge in [0.2, 0.25) is 6.10 Å². The Bertz CT molecular complexity index is 1400. The molecule has 0 spiro atoms. The highest BCUT2D eigenvalue weighted by Gasteiger charge is 2.49. The Labute approximate surface area is 216 Å². The zero-order valence-corrected chi connectivity index (χ0v) is 21.4. The van der Waals surface area contributed by atoms with Gasteiger partial charge in [0.1, 0.15) is 17.1 Å². The summed E-state index contributed by atoms with van der Waals surface area (Å²) < 4.78 is 53.9. The van der Waals surface area contributed by atoms with Gasteiger partial charge in [0, 0.05) is 30.2 Å². The van der Waals surface area contributed by atoms with Gasteiger partial charge in [0.25, 0.3) is 0 Å². The van der Waals surface area contributed by atoms with Crippen LogP contribution in [0, 0.1) is 5.92 Å². The molecule has 38 heavy (non-hydrogen) atoms. The second-order valence-electron chi connectivity index (χ2n) is 10.6. The molecule has 4 heterocycles. The standard InChI is InChI=1S/C26H28F3N5O4/c1-14-13-33(24(36)38-25(2,3)4)12-10-17(14)34-18-8-6-5-7-15(18)20(32-34)16-9-11-30-22-19(16)21(26(27,28)29)37-23(35)31-22/h5-9,11,14,17,21H,10,12-13H2,1-4H3,(H,30,31,35)/t14-,17+,21+/m0/s1. The Morgan fingerprint density at radius 1 is 1.18 bits per heavy atom. The first-order valence-corrected chi connectivity index (χ1v) is 12.3. The molecule has 5 rings (SSSR count). The number of likely N-dealkylation sites (tertiary alicyclic amines) is 1. The summed E-state index contributed by atoms with van der Waals surface area (Å²) >= 11 is 0. The van der Waals surface area contributed by atoms with Gasteiger partial charge in [0.15, 0.2) is 0 Å². The largest absolute Gasteiger partial charge is 0.444 e. The summed E-state index contributed by atoms with van der Waals surface area (Å²) in [7, 11) is 0. The van der Waals surface area contributed by atoms with Crippen molar-refractivity contribution >= 4 is 28.9 Å². The van der Waals surface area contributed by atoms with Crippen molar-refractivity contribution in [3.8, 4) is 11.3 Å². The fourth-order valence-electron chi connectivity index (χ4n) is 5.10. The van der Waals surface area contributed by atoms with Crippen molar-refractivity contribution in [3.05, 3.63) is 42.1 Å². The average Bonchev–Trinajstić information content (AvgIpc) is 3.20. The number of rotatable bonds is 2. The lowest BCUT2D eigenvalue weighted by atomic mass is 9.94. The van der Waals surface area contributed by atoms with Gasteiger partial charge in [-0.2, -0.15) is 18.3 Å². The van der Waals surface area contributed by atoms with Gasteiger partial charge < -0.3 is 14.4 Å². The number of anilines is 1. The van der Waals surface area contributed by atoms with E-state index in [2.05, 4.69) is 15.0 Å². The number of nitrogens with one attached hydrogen (secondary N) is 1. The third-order valence-corrected chi connectivity index (χ3v) is 6.69. The third kappa shape index (κ3) is 4.74. The Morgan fingerprint density at radius 3 is 2.61 bits per heavy atom. The van der Waals surface area contributed by atoms with E-state index < -0.39 is 24.0 Å². The summed E-state index contributed by atoms with van der Waals surface area (Å²) in [5.41, 5.74) is 0.356. The van der Waals surface area contributed by atoms with Crippen molar-refractivity contribution in [2.75, 3.05) is 18.4 Å². The summed E-state index contributed by atoms with van der Waals surface area (Å²) in [5, 5.41) is 7.75. The minimum Gasteiger partial charge on any atom is -0.444 e. The topological polar surface area (TPSA) is 98.6 Å².